The topological polar surface area (TPSA) is 38.3 Å². The highest BCUT2D eigenvalue weighted by molar-refractivity contribution is 6.04. The molecule has 8 heteroatoms. The minimum Gasteiger partial charge on any atom is -0.497 e. The van der Waals surface area contributed by atoms with Crippen molar-refractivity contribution < 1.29 is 31.5 Å². The van der Waals surface area contributed by atoms with Crippen LogP contribution in [0.15, 0.2) is 24.3 Å². The Kier molecular flexibility index (Phi) is 4.30. The Balaban J connectivity index is 2.42. The van der Waals surface area contributed by atoms with E-state index in [9.17, 15) is 26.7 Å². The molecule has 0 saturated heterocycles. The van der Waals surface area contributed by atoms with Crippen LogP contribution in [0.25, 0.3) is 0 Å². The van der Waals surface area contributed by atoms with E-state index in [0.717, 1.165) is 0 Å². The van der Waals surface area contributed by atoms with Crippen molar-refractivity contribution in [2.75, 3.05) is 12.4 Å². The first-order valence-electron chi connectivity index (χ1n) is 5.83. The zero-order valence-corrected chi connectivity index (χ0v) is 11.0. The Morgan fingerprint density at radius 1 is 0.955 bits per heavy atom. The van der Waals surface area contributed by atoms with Gasteiger partial charge in [-0.15, -0.1) is 0 Å². The molecule has 0 bridgehead atoms. The molecule has 116 valence electrons. The number of carbonyl (C=O) groups excluding carboxylic acids is 1. The molecule has 2 aromatic carbocycles. The Labute approximate surface area is 121 Å². The van der Waals surface area contributed by atoms with Crippen LogP contribution in [0.1, 0.15) is 10.4 Å². The van der Waals surface area contributed by atoms with E-state index in [4.69, 9.17) is 4.74 Å². The average Bonchev–Trinajstić information content (AvgIpc) is 2.51. The molecule has 3 nitrogen and oxygen atoms in total. The van der Waals surface area contributed by atoms with Crippen molar-refractivity contribution in [3.63, 3.8) is 0 Å². The Bertz CT molecular complexity index is 719. The fourth-order valence-electron chi connectivity index (χ4n) is 1.70. The Morgan fingerprint density at radius 3 is 2.05 bits per heavy atom. The molecule has 0 aromatic heterocycles. The molecule has 2 aromatic rings. The second-order valence-corrected chi connectivity index (χ2v) is 4.13. The highest BCUT2D eigenvalue weighted by atomic mass is 19.2. The monoisotopic (exact) mass is 317 g/mol. The van der Waals surface area contributed by atoms with Crippen LogP contribution in [0.5, 0.6) is 5.75 Å². The van der Waals surface area contributed by atoms with Gasteiger partial charge in [-0.05, 0) is 12.1 Å². The van der Waals surface area contributed by atoms with Gasteiger partial charge in [-0.2, -0.15) is 0 Å². The van der Waals surface area contributed by atoms with Gasteiger partial charge in [0.1, 0.15) is 11.3 Å². The summed E-state index contributed by atoms with van der Waals surface area (Å²) >= 11 is 0. The zero-order chi connectivity index (χ0) is 16.4. The van der Waals surface area contributed by atoms with Crippen LogP contribution in [-0.2, 0) is 0 Å². The van der Waals surface area contributed by atoms with Gasteiger partial charge >= 0.3 is 0 Å². The predicted molar refractivity (Wildman–Crippen MR) is 67.2 cm³/mol. The standard InChI is InChI=1S/C14H8F5NO2/c1-22-7-4-2-3-6(5-7)20-14(21)8-9(15)11(17)13(19)12(18)10(8)16/h2-5H,1H3,(H,20,21). The number of methoxy groups -OCH3 is 1. The van der Waals surface area contributed by atoms with Crippen LogP contribution in [-0.4, -0.2) is 13.0 Å². The second kappa shape index (κ2) is 6.00. The van der Waals surface area contributed by atoms with Crippen LogP contribution in [0, 0.1) is 29.1 Å². The largest absolute Gasteiger partial charge is 0.497 e. The number of ether oxygens (including phenoxy) is 1. The van der Waals surface area contributed by atoms with Gasteiger partial charge in [-0.1, -0.05) is 6.07 Å². The van der Waals surface area contributed by atoms with Crippen molar-refractivity contribution in [3.05, 3.63) is 58.9 Å². The summed E-state index contributed by atoms with van der Waals surface area (Å²) in [6.45, 7) is 0. The number of rotatable bonds is 3. The van der Waals surface area contributed by atoms with Gasteiger partial charge in [-0.3, -0.25) is 4.79 Å². The minimum atomic E-state index is -2.33. The summed E-state index contributed by atoms with van der Waals surface area (Å²) in [5.74, 6) is -12.2. The number of anilines is 1. The van der Waals surface area contributed by atoms with Crippen LogP contribution in [0.3, 0.4) is 0 Å². The van der Waals surface area contributed by atoms with E-state index >= 15 is 0 Å². The molecule has 22 heavy (non-hydrogen) atoms. The van der Waals surface area contributed by atoms with Gasteiger partial charge in [0, 0.05) is 11.8 Å². The molecule has 0 aliphatic carbocycles. The molecule has 1 N–H and O–H groups in total. The van der Waals surface area contributed by atoms with Gasteiger partial charge in [0.25, 0.3) is 5.91 Å². The SMILES string of the molecule is COc1cccc(NC(=O)c2c(F)c(F)c(F)c(F)c2F)c1. The molecule has 0 aliphatic heterocycles. The number of amides is 1. The lowest BCUT2D eigenvalue weighted by molar-refractivity contribution is 0.101. The van der Waals surface area contributed by atoms with E-state index in [0.29, 0.717) is 5.75 Å². The van der Waals surface area contributed by atoms with Crippen LogP contribution < -0.4 is 10.1 Å². The zero-order valence-electron chi connectivity index (χ0n) is 11.0. The predicted octanol–water partition coefficient (Wildman–Crippen LogP) is 3.64. The normalized spacial score (nSPS) is 10.5. The van der Waals surface area contributed by atoms with E-state index in [1.807, 2.05) is 5.32 Å². The molecule has 0 unspecified atom stereocenters. The third-order valence-corrected chi connectivity index (χ3v) is 2.76. The summed E-state index contributed by atoms with van der Waals surface area (Å²) < 4.78 is 70.9. The molecule has 0 fully saturated rings. The molecular formula is C14H8F5NO2. The highest BCUT2D eigenvalue weighted by Crippen LogP contribution is 2.24. The van der Waals surface area contributed by atoms with E-state index in [1.165, 1.54) is 31.4 Å². The lowest BCUT2D eigenvalue weighted by atomic mass is 10.1. The molecule has 1 amide bonds. The molecular weight excluding hydrogens is 309 g/mol. The summed E-state index contributed by atoms with van der Waals surface area (Å²) in [5, 5.41) is 2.03. The smallest absolute Gasteiger partial charge is 0.261 e. The maximum absolute atomic E-state index is 13.5. The quantitative estimate of drug-likeness (QED) is 0.533. The van der Waals surface area contributed by atoms with Gasteiger partial charge < -0.3 is 10.1 Å². The fraction of sp³-hybridized carbons (Fsp3) is 0.0714. The van der Waals surface area contributed by atoms with Crippen LogP contribution >= 0.6 is 0 Å². The number of hydrogen-bond donors (Lipinski definition) is 1. The summed E-state index contributed by atoms with van der Waals surface area (Å²) in [4.78, 5) is 11.8. The Hall–Kier alpha value is -2.64. The summed E-state index contributed by atoms with van der Waals surface area (Å²) in [7, 11) is 1.35. The molecule has 0 spiro atoms. The van der Waals surface area contributed by atoms with Gasteiger partial charge in [0.15, 0.2) is 23.3 Å². The fourth-order valence-corrected chi connectivity index (χ4v) is 1.70. The molecule has 0 radical (unpaired) electrons. The van der Waals surface area contributed by atoms with Crippen molar-refractivity contribution in [1.29, 1.82) is 0 Å². The van der Waals surface area contributed by atoms with Crippen molar-refractivity contribution in [1.82, 2.24) is 0 Å². The van der Waals surface area contributed by atoms with E-state index in [1.54, 1.807) is 0 Å². The third kappa shape index (κ3) is 2.72. The number of benzene rings is 2. The minimum absolute atomic E-state index is 0.0632. The number of halogens is 5. The van der Waals surface area contributed by atoms with Crippen LogP contribution in [0.4, 0.5) is 27.6 Å². The van der Waals surface area contributed by atoms with Gasteiger partial charge in [-0.25, -0.2) is 22.0 Å². The number of hydrogen-bond acceptors (Lipinski definition) is 2. The third-order valence-electron chi connectivity index (χ3n) is 2.76. The number of nitrogens with one attached hydrogen (secondary N) is 1. The first kappa shape index (κ1) is 15.7. The average molecular weight is 317 g/mol. The van der Waals surface area contributed by atoms with Crippen molar-refractivity contribution >= 4 is 11.6 Å². The first-order chi connectivity index (χ1) is 10.4. The maximum atomic E-state index is 13.5. The van der Waals surface area contributed by atoms with Crippen molar-refractivity contribution in [2.45, 2.75) is 0 Å². The van der Waals surface area contributed by atoms with E-state index < -0.39 is 40.6 Å². The highest BCUT2D eigenvalue weighted by Gasteiger charge is 2.29. The van der Waals surface area contributed by atoms with Gasteiger partial charge in [0.05, 0.1) is 7.11 Å². The molecule has 0 aliphatic rings. The summed E-state index contributed by atoms with van der Waals surface area (Å²) in [5.41, 5.74) is -1.49. The maximum Gasteiger partial charge on any atom is 0.261 e. The lowest BCUT2D eigenvalue weighted by Gasteiger charge is -2.10. The van der Waals surface area contributed by atoms with Crippen molar-refractivity contribution in [2.24, 2.45) is 0 Å². The number of carbonyl (C=O) groups is 1. The Morgan fingerprint density at radius 2 is 1.50 bits per heavy atom. The van der Waals surface area contributed by atoms with E-state index in [-0.39, 0.29) is 5.69 Å². The van der Waals surface area contributed by atoms with Crippen molar-refractivity contribution in [3.8, 4) is 5.75 Å². The molecule has 2 rings (SSSR count). The molecule has 0 atom stereocenters. The second-order valence-electron chi connectivity index (χ2n) is 4.13. The first-order valence-corrected chi connectivity index (χ1v) is 5.83. The van der Waals surface area contributed by atoms with Gasteiger partial charge in [0.2, 0.25) is 5.82 Å². The lowest BCUT2D eigenvalue weighted by Crippen LogP contribution is -2.19. The summed E-state index contributed by atoms with van der Waals surface area (Å²) in [6.07, 6.45) is 0. The molecule has 0 saturated carbocycles. The summed E-state index contributed by atoms with van der Waals surface area (Å²) in [6, 6.07) is 5.66. The van der Waals surface area contributed by atoms with Crippen LogP contribution in [0.2, 0.25) is 0 Å². The van der Waals surface area contributed by atoms with E-state index in [2.05, 4.69) is 0 Å². The molecule has 0 heterocycles.